The second-order valence-corrected chi connectivity index (χ2v) is 2.36. The first kappa shape index (κ1) is 24.1. The second kappa shape index (κ2) is 13.7. The summed E-state index contributed by atoms with van der Waals surface area (Å²) in [5.41, 5.74) is 5.16. The summed E-state index contributed by atoms with van der Waals surface area (Å²) >= 11 is 0. The Hall–Kier alpha value is 0.700. The van der Waals surface area contributed by atoms with Crippen molar-refractivity contribution >= 4 is 12.1 Å². The monoisotopic (exact) mass is 223 g/mol. The van der Waals surface area contributed by atoms with Crippen LogP contribution in [0, 0.1) is 5.92 Å². The molecule has 0 fully saturated rings. The molecular weight excluding hydrogens is 212 g/mol. The number of hydrogen-bond donors (Lipinski definition) is 2. The molecule has 0 aliphatic heterocycles. The number of aliphatic carboxylic acids is 1. The summed E-state index contributed by atoms with van der Waals surface area (Å²) in [5, 5.41) is 24.9. The Morgan fingerprint density at radius 3 is 1.43 bits per heavy atom. The molecule has 0 saturated heterocycles. The van der Waals surface area contributed by atoms with Crippen molar-refractivity contribution in [1.29, 1.82) is 0 Å². The molecule has 0 radical (unpaired) electrons. The van der Waals surface area contributed by atoms with Gasteiger partial charge in [0.05, 0.1) is 0 Å². The fourth-order valence-corrected chi connectivity index (χ4v) is 0.285. The van der Waals surface area contributed by atoms with Crippen LogP contribution in [0.5, 0.6) is 0 Å². The van der Waals surface area contributed by atoms with E-state index in [9.17, 15) is 4.79 Å². The Labute approximate surface area is 126 Å². The Kier molecular flexibility index (Phi) is 23.6. The van der Waals surface area contributed by atoms with Gasteiger partial charge < -0.3 is 25.8 Å². The van der Waals surface area contributed by atoms with Gasteiger partial charge in [0.1, 0.15) is 6.04 Å². The molecule has 6 nitrogen and oxygen atoms in total. The molecule has 8 heteroatoms. The van der Waals surface area contributed by atoms with E-state index in [0.717, 1.165) is 0 Å². The molecule has 0 aromatic carbocycles. The van der Waals surface area contributed by atoms with Crippen LogP contribution in [0.15, 0.2) is 0 Å². The Balaban J connectivity index is -0.0000000733. The summed E-state index contributed by atoms with van der Waals surface area (Å²) in [6, 6.07) is -0.713. The van der Waals surface area contributed by atoms with E-state index < -0.39 is 18.2 Å². The molecule has 0 amide bonds. The number of carboxylic acid groups (broad SMARTS) is 3. The molecule has 0 heterocycles. The minimum atomic E-state index is -2.33. The maximum absolute atomic E-state index is 10.0. The van der Waals surface area contributed by atoms with Crippen LogP contribution >= 0.6 is 0 Å². The maximum Gasteiger partial charge on any atom is 1.00 e. The summed E-state index contributed by atoms with van der Waals surface area (Å²) in [7, 11) is 0. The molecule has 3 N–H and O–H groups in total. The van der Waals surface area contributed by atoms with Gasteiger partial charge in [-0.1, -0.05) is 13.8 Å². The maximum atomic E-state index is 10.0. The zero-order valence-electron chi connectivity index (χ0n) is 8.81. The summed E-state index contributed by atoms with van der Waals surface area (Å²) in [4.78, 5) is 18.3. The number of nitrogens with two attached hydrogens (primary N) is 1. The van der Waals surface area contributed by atoms with Crippen LogP contribution in [-0.2, 0) is 4.79 Å². The number of hydrogen-bond acceptors (Lipinski definition) is 5. The van der Waals surface area contributed by atoms with Gasteiger partial charge in [-0.25, -0.2) is 0 Å². The molecule has 0 spiro atoms. The first-order valence-corrected chi connectivity index (χ1v) is 3.15. The van der Waals surface area contributed by atoms with Crippen LogP contribution < -0.4 is 75.1 Å². The van der Waals surface area contributed by atoms with Crippen molar-refractivity contribution in [1.82, 2.24) is 0 Å². The zero-order chi connectivity index (χ0) is 10.3. The van der Waals surface area contributed by atoms with Crippen molar-refractivity contribution < 1.29 is 84.0 Å². The van der Waals surface area contributed by atoms with Gasteiger partial charge in [0, 0.05) is 0 Å². The van der Waals surface area contributed by atoms with E-state index >= 15 is 0 Å². The Bertz CT molecular complexity index is 160. The van der Waals surface area contributed by atoms with Crippen LogP contribution in [-0.4, -0.2) is 23.3 Å². The molecule has 0 aliphatic carbocycles. The molecule has 0 aromatic rings. The van der Waals surface area contributed by atoms with Gasteiger partial charge in [-0.2, -0.15) is 0 Å². The van der Waals surface area contributed by atoms with Crippen LogP contribution in [0.4, 0.5) is 4.79 Å². The van der Waals surface area contributed by atoms with E-state index in [-0.39, 0.29) is 65.0 Å². The first-order chi connectivity index (χ1) is 5.29. The van der Waals surface area contributed by atoms with Gasteiger partial charge in [-0.15, -0.1) is 0 Å². The molecule has 0 aromatic heterocycles. The van der Waals surface area contributed by atoms with Crippen molar-refractivity contribution in [2.45, 2.75) is 19.9 Å². The molecule has 72 valence electrons. The van der Waals surface area contributed by atoms with Crippen LogP contribution in [0.1, 0.15) is 13.8 Å². The topological polar surface area (TPSA) is 127 Å². The van der Waals surface area contributed by atoms with Gasteiger partial charge in [0.15, 0.2) is 0 Å². The van der Waals surface area contributed by atoms with Crippen molar-refractivity contribution in [3.05, 3.63) is 0 Å². The minimum absolute atomic E-state index is 0. The fraction of sp³-hybridized carbons (Fsp3) is 0.667. The van der Waals surface area contributed by atoms with Gasteiger partial charge in [0.25, 0.3) is 0 Å². The SMILES string of the molecule is CC(C)C(N)C(=O)O.O=C([O-])[O-].[Na+].[Na+]. The van der Waals surface area contributed by atoms with E-state index in [0.29, 0.717) is 0 Å². The van der Waals surface area contributed by atoms with Gasteiger partial charge in [-0.3, -0.25) is 4.79 Å². The Morgan fingerprint density at radius 2 is 1.43 bits per heavy atom. The minimum Gasteiger partial charge on any atom is -0.652 e. The normalized spacial score (nSPS) is 9.71. The van der Waals surface area contributed by atoms with Gasteiger partial charge >= 0.3 is 65.1 Å². The molecule has 0 rings (SSSR count). The summed E-state index contributed by atoms with van der Waals surface area (Å²) < 4.78 is 0. The van der Waals surface area contributed by atoms with Crippen LogP contribution in [0.25, 0.3) is 0 Å². The van der Waals surface area contributed by atoms with Gasteiger partial charge in [0.2, 0.25) is 0 Å². The summed E-state index contributed by atoms with van der Waals surface area (Å²) in [6.07, 6.45) is -2.33. The third-order valence-corrected chi connectivity index (χ3v) is 1.00. The largest absolute Gasteiger partial charge is 1.00 e. The fourth-order valence-electron chi connectivity index (χ4n) is 0.285. The molecule has 14 heavy (non-hydrogen) atoms. The molecular formula is C6H11NNa2O5. The zero-order valence-corrected chi connectivity index (χ0v) is 12.8. The molecule has 1 unspecified atom stereocenters. The standard InChI is InChI=1S/C5H11NO2.CH2O3.2Na/c1-3(2)4(6)5(7)8;2-1(3)4;;/h3-4H,6H2,1-2H3,(H,7,8);(H2,2,3,4);;/q;;2*+1/p-2. The van der Waals surface area contributed by atoms with E-state index in [4.69, 9.17) is 25.8 Å². The predicted molar refractivity (Wildman–Crippen MR) is 35.8 cm³/mol. The summed E-state index contributed by atoms with van der Waals surface area (Å²) in [6.45, 7) is 3.55. The number of carbonyl (C=O) groups is 2. The number of carboxylic acids is 1. The van der Waals surface area contributed by atoms with Crippen molar-refractivity contribution in [2.75, 3.05) is 0 Å². The molecule has 0 saturated carbocycles. The van der Waals surface area contributed by atoms with E-state index in [1.54, 1.807) is 13.8 Å². The predicted octanol–water partition coefficient (Wildman–Crippen LogP) is -8.38. The van der Waals surface area contributed by atoms with Crippen molar-refractivity contribution in [3.63, 3.8) is 0 Å². The quantitative estimate of drug-likeness (QED) is 0.447. The molecule has 0 aliphatic rings. The third-order valence-electron chi connectivity index (χ3n) is 1.00. The van der Waals surface area contributed by atoms with E-state index in [1.165, 1.54) is 0 Å². The average Bonchev–Trinajstić information content (AvgIpc) is 1.84. The van der Waals surface area contributed by atoms with Crippen molar-refractivity contribution in [2.24, 2.45) is 11.7 Å². The van der Waals surface area contributed by atoms with Gasteiger partial charge in [-0.05, 0) is 12.1 Å². The van der Waals surface area contributed by atoms with E-state index in [1.807, 2.05) is 0 Å². The molecule has 0 bridgehead atoms. The Morgan fingerprint density at radius 1 is 1.21 bits per heavy atom. The third kappa shape index (κ3) is 23.0. The molecule has 1 atom stereocenters. The first-order valence-electron chi connectivity index (χ1n) is 3.15. The van der Waals surface area contributed by atoms with E-state index in [2.05, 4.69) is 0 Å². The smallest absolute Gasteiger partial charge is 0.652 e. The van der Waals surface area contributed by atoms with Crippen LogP contribution in [0.3, 0.4) is 0 Å². The number of rotatable bonds is 2. The second-order valence-electron chi connectivity index (χ2n) is 2.36. The average molecular weight is 223 g/mol. The van der Waals surface area contributed by atoms with Crippen molar-refractivity contribution in [3.8, 4) is 0 Å². The number of carbonyl (C=O) groups excluding carboxylic acids is 1. The van der Waals surface area contributed by atoms with Crippen LogP contribution in [0.2, 0.25) is 0 Å². The summed E-state index contributed by atoms with van der Waals surface area (Å²) in [5.74, 6) is -0.910.